The maximum Gasteiger partial charge on any atom is 0.218 e. The van der Waals surface area contributed by atoms with Crippen molar-refractivity contribution in [3.05, 3.63) is 33.8 Å². The number of hydrogen-bond donors (Lipinski definition) is 1. The molecule has 0 bridgehead atoms. The molecule has 1 aromatic carbocycles. The number of sulfonamides is 1. The van der Waals surface area contributed by atoms with E-state index in [4.69, 9.17) is 23.2 Å². The molecule has 0 radical (unpaired) electrons. The van der Waals surface area contributed by atoms with Crippen LogP contribution in [0.3, 0.4) is 0 Å². The molecule has 0 aliphatic carbocycles. The van der Waals surface area contributed by atoms with Crippen LogP contribution in [0.15, 0.2) is 18.2 Å². The standard InChI is InChI=1S/C13H17Cl2NO3S/c1-9-5-6-16(7-13(9)17)20(18,19)8-10-11(14)3-2-4-12(10)15/h2-4,9,13,17H,5-8H2,1H3. The van der Waals surface area contributed by atoms with E-state index in [0.29, 0.717) is 28.6 Å². The highest BCUT2D eigenvalue weighted by atomic mass is 35.5. The van der Waals surface area contributed by atoms with Crippen molar-refractivity contribution in [2.75, 3.05) is 13.1 Å². The van der Waals surface area contributed by atoms with E-state index < -0.39 is 16.1 Å². The van der Waals surface area contributed by atoms with Gasteiger partial charge in [0.05, 0.1) is 11.9 Å². The van der Waals surface area contributed by atoms with Crippen molar-refractivity contribution >= 4 is 33.2 Å². The highest BCUT2D eigenvalue weighted by molar-refractivity contribution is 7.88. The lowest BCUT2D eigenvalue weighted by Crippen LogP contribution is -2.46. The summed E-state index contributed by atoms with van der Waals surface area (Å²) < 4.78 is 26.1. The highest BCUT2D eigenvalue weighted by Gasteiger charge is 2.32. The number of nitrogens with zero attached hydrogens (tertiary/aromatic N) is 1. The molecule has 2 atom stereocenters. The van der Waals surface area contributed by atoms with E-state index in [1.807, 2.05) is 6.92 Å². The van der Waals surface area contributed by atoms with Gasteiger partial charge in [-0.25, -0.2) is 8.42 Å². The molecule has 0 saturated carbocycles. The Labute approximate surface area is 129 Å². The molecule has 1 heterocycles. The molecule has 1 aliphatic rings. The maximum atomic E-state index is 12.4. The normalized spacial score (nSPS) is 24.8. The third-order valence-corrected chi connectivity index (χ3v) is 6.14. The van der Waals surface area contributed by atoms with E-state index in [1.165, 1.54) is 4.31 Å². The Balaban J connectivity index is 2.20. The first-order valence-electron chi connectivity index (χ1n) is 6.40. The third kappa shape index (κ3) is 3.46. The van der Waals surface area contributed by atoms with Gasteiger partial charge in [0.15, 0.2) is 0 Å². The van der Waals surface area contributed by atoms with Crippen LogP contribution in [0.4, 0.5) is 0 Å². The van der Waals surface area contributed by atoms with Crippen molar-refractivity contribution in [2.45, 2.75) is 25.2 Å². The predicted molar refractivity (Wildman–Crippen MR) is 80.4 cm³/mol. The largest absolute Gasteiger partial charge is 0.391 e. The maximum absolute atomic E-state index is 12.4. The van der Waals surface area contributed by atoms with E-state index >= 15 is 0 Å². The van der Waals surface area contributed by atoms with Crippen LogP contribution >= 0.6 is 23.2 Å². The van der Waals surface area contributed by atoms with Gasteiger partial charge in [0, 0.05) is 28.7 Å². The van der Waals surface area contributed by atoms with Gasteiger partial charge in [0.1, 0.15) is 0 Å². The zero-order valence-electron chi connectivity index (χ0n) is 11.1. The fourth-order valence-electron chi connectivity index (χ4n) is 2.22. The van der Waals surface area contributed by atoms with Gasteiger partial charge in [0.25, 0.3) is 0 Å². The fraction of sp³-hybridized carbons (Fsp3) is 0.538. The van der Waals surface area contributed by atoms with Crippen LogP contribution in [-0.2, 0) is 15.8 Å². The van der Waals surface area contributed by atoms with Crippen LogP contribution < -0.4 is 0 Å². The Hall–Kier alpha value is -0.330. The number of rotatable bonds is 3. The van der Waals surface area contributed by atoms with E-state index in [9.17, 15) is 13.5 Å². The first kappa shape index (κ1) is 16.0. The molecule has 0 aromatic heterocycles. The molecule has 1 fully saturated rings. The minimum Gasteiger partial charge on any atom is -0.391 e. The quantitative estimate of drug-likeness (QED) is 0.921. The Morgan fingerprint density at radius 2 is 1.95 bits per heavy atom. The lowest BCUT2D eigenvalue weighted by molar-refractivity contribution is 0.0604. The Morgan fingerprint density at radius 1 is 1.35 bits per heavy atom. The number of hydrogen-bond acceptors (Lipinski definition) is 3. The summed E-state index contributed by atoms with van der Waals surface area (Å²) in [5.41, 5.74) is 0.406. The summed E-state index contributed by atoms with van der Waals surface area (Å²) in [6.07, 6.45) is 0.0247. The lowest BCUT2D eigenvalue weighted by atomic mass is 9.98. The lowest BCUT2D eigenvalue weighted by Gasteiger charge is -2.33. The number of aliphatic hydroxyl groups is 1. The van der Waals surface area contributed by atoms with Crippen LogP contribution in [0.1, 0.15) is 18.9 Å². The molecule has 2 rings (SSSR count). The fourth-order valence-corrected chi connectivity index (χ4v) is 4.53. The summed E-state index contributed by atoms with van der Waals surface area (Å²) >= 11 is 12.0. The van der Waals surface area contributed by atoms with Gasteiger partial charge in [-0.2, -0.15) is 4.31 Å². The van der Waals surface area contributed by atoms with Crippen molar-refractivity contribution in [2.24, 2.45) is 5.92 Å². The van der Waals surface area contributed by atoms with Crippen LogP contribution in [0.5, 0.6) is 0 Å². The number of halogens is 2. The van der Waals surface area contributed by atoms with E-state index in [0.717, 1.165) is 0 Å². The molecule has 1 N–H and O–H groups in total. The van der Waals surface area contributed by atoms with E-state index in [-0.39, 0.29) is 18.2 Å². The molecule has 1 aliphatic heterocycles. The molecule has 1 saturated heterocycles. The number of aliphatic hydroxyl groups excluding tert-OH is 1. The summed E-state index contributed by atoms with van der Waals surface area (Å²) in [6.45, 7) is 2.47. The van der Waals surface area contributed by atoms with Crippen molar-refractivity contribution in [3.63, 3.8) is 0 Å². The molecule has 7 heteroatoms. The molecule has 112 valence electrons. The molecule has 2 unspecified atom stereocenters. The molecular weight excluding hydrogens is 321 g/mol. The highest BCUT2D eigenvalue weighted by Crippen LogP contribution is 2.28. The molecule has 0 amide bonds. The third-order valence-electron chi connectivity index (χ3n) is 3.66. The molecule has 0 spiro atoms. The topological polar surface area (TPSA) is 57.6 Å². The summed E-state index contributed by atoms with van der Waals surface area (Å²) in [5, 5.41) is 10.5. The minimum atomic E-state index is -3.53. The van der Waals surface area contributed by atoms with Crippen molar-refractivity contribution in [1.29, 1.82) is 0 Å². The second kappa shape index (κ2) is 6.20. The average Bonchev–Trinajstić information content (AvgIpc) is 2.37. The van der Waals surface area contributed by atoms with Gasteiger partial charge in [-0.3, -0.25) is 0 Å². The molecule has 20 heavy (non-hydrogen) atoms. The minimum absolute atomic E-state index is 0.116. The molecule has 1 aromatic rings. The average molecular weight is 338 g/mol. The Kier molecular flexibility index (Phi) is 4.97. The van der Waals surface area contributed by atoms with Gasteiger partial charge >= 0.3 is 0 Å². The van der Waals surface area contributed by atoms with Gasteiger partial charge in [-0.1, -0.05) is 36.2 Å². The van der Waals surface area contributed by atoms with Crippen LogP contribution in [0.25, 0.3) is 0 Å². The summed E-state index contributed by atoms with van der Waals surface area (Å²) in [5.74, 6) is -0.127. The smallest absolute Gasteiger partial charge is 0.218 e. The van der Waals surface area contributed by atoms with Crippen molar-refractivity contribution in [3.8, 4) is 0 Å². The van der Waals surface area contributed by atoms with Crippen molar-refractivity contribution in [1.82, 2.24) is 4.31 Å². The first-order valence-corrected chi connectivity index (χ1v) is 8.76. The van der Waals surface area contributed by atoms with Gasteiger partial charge in [-0.05, 0) is 24.5 Å². The second-order valence-electron chi connectivity index (χ2n) is 5.15. The monoisotopic (exact) mass is 337 g/mol. The number of piperidine rings is 1. The van der Waals surface area contributed by atoms with E-state index in [1.54, 1.807) is 18.2 Å². The van der Waals surface area contributed by atoms with Gasteiger partial charge in [0.2, 0.25) is 10.0 Å². The SMILES string of the molecule is CC1CCN(S(=O)(=O)Cc2c(Cl)cccc2Cl)CC1O. The zero-order chi connectivity index (χ0) is 14.9. The van der Waals surface area contributed by atoms with Gasteiger partial charge in [-0.15, -0.1) is 0 Å². The number of β-amino-alcohol motifs (C(OH)–C–C–N with tert-alkyl or cyclic N) is 1. The summed E-state index contributed by atoms with van der Waals surface area (Å²) in [4.78, 5) is 0. The van der Waals surface area contributed by atoms with Crippen LogP contribution in [0, 0.1) is 5.92 Å². The van der Waals surface area contributed by atoms with Crippen molar-refractivity contribution < 1.29 is 13.5 Å². The molecular formula is C13H17Cl2NO3S. The second-order valence-corrected chi connectivity index (χ2v) is 7.93. The molecule has 4 nitrogen and oxygen atoms in total. The summed E-state index contributed by atoms with van der Waals surface area (Å²) in [6, 6.07) is 4.91. The number of benzene rings is 1. The van der Waals surface area contributed by atoms with E-state index in [2.05, 4.69) is 0 Å². The van der Waals surface area contributed by atoms with Crippen LogP contribution in [-0.4, -0.2) is 37.0 Å². The Bertz CT molecular complexity index is 571. The van der Waals surface area contributed by atoms with Gasteiger partial charge < -0.3 is 5.11 Å². The first-order chi connectivity index (χ1) is 9.31. The van der Waals surface area contributed by atoms with Crippen LogP contribution in [0.2, 0.25) is 10.0 Å². The Morgan fingerprint density at radius 3 is 2.50 bits per heavy atom. The summed E-state index contributed by atoms with van der Waals surface area (Å²) in [7, 11) is -3.53. The predicted octanol–water partition coefficient (Wildman–Crippen LogP) is 2.53. The zero-order valence-corrected chi connectivity index (χ0v) is 13.4.